The van der Waals surface area contributed by atoms with Crippen molar-refractivity contribution in [1.29, 1.82) is 0 Å². The van der Waals surface area contributed by atoms with Crippen LogP contribution >= 0.6 is 0 Å². The molecule has 5 heteroatoms. The van der Waals surface area contributed by atoms with E-state index in [4.69, 9.17) is 5.11 Å². The Kier molecular flexibility index (Phi) is 3.17. The standard InChI is InChI=1S/C9H10N2O3/c1-7(9(12)13)11(10-14)8-5-3-2-4-6-8/h2-7H,1H3,(H,12,13). The highest BCUT2D eigenvalue weighted by molar-refractivity contribution is 5.77. The Bertz CT molecular complexity index is 326. The Labute approximate surface area is 80.9 Å². The number of anilines is 1. The summed E-state index contributed by atoms with van der Waals surface area (Å²) in [4.78, 5) is 21.1. The fraction of sp³-hybridized carbons (Fsp3) is 0.222. The van der Waals surface area contributed by atoms with Gasteiger partial charge < -0.3 is 5.11 Å². The lowest BCUT2D eigenvalue weighted by Crippen LogP contribution is -2.34. The Balaban J connectivity index is 2.93. The SMILES string of the molecule is CC(C(=O)O)N(N=O)c1ccccc1. The maximum Gasteiger partial charge on any atom is 0.328 e. The predicted molar refractivity (Wildman–Crippen MR) is 51.8 cm³/mol. The van der Waals surface area contributed by atoms with Crippen LogP contribution in [0, 0.1) is 4.91 Å². The number of carbonyl (C=O) groups is 1. The number of hydrogen-bond acceptors (Lipinski definition) is 3. The van der Waals surface area contributed by atoms with Crippen molar-refractivity contribution in [2.75, 3.05) is 5.01 Å². The minimum Gasteiger partial charge on any atom is -0.480 e. The maximum atomic E-state index is 10.6. The van der Waals surface area contributed by atoms with E-state index in [1.807, 2.05) is 0 Å². The molecule has 0 aliphatic rings. The first-order chi connectivity index (χ1) is 6.66. The van der Waals surface area contributed by atoms with Crippen LogP contribution in [0.4, 0.5) is 5.69 Å². The minimum atomic E-state index is -1.09. The molecule has 0 saturated heterocycles. The van der Waals surface area contributed by atoms with Crippen LogP contribution in [0.15, 0.2) is 35.6 Å². The van der Waals surface area contributed by atoms with Gasteiger partial charge in [0.25, 0.3) is 0 Å². The molecule has 0 aliphatic carbocycles. The van der Waals surface area contributed by atoms with Crippen molar-refractivity contribution in [1.82, 2.24) is 0 Å². The lowest BCUT2D eigenvalue weighted by molar-refractivity contribution is -0.138. The molecule has 1 aromatic carbocycles. The van der Waals surface area contributed by atoms with E-state index in [9.17, 15) is 9.70 Å². The number of benzene rings is 1. The van der Waals surface area contributed by atoms with Gasteiger partial charge in [0, 0.05) is 0 Å². The van der Waals surface area contributed by atoms with Gasteiger partial charge in [-0.2, -0.15) is 0 Å². The number of nitrogens with zero attached hydrogens (tertiary/aromatic N) is 2. The molecule has 0 saturated carbocycles. The van der Waals surface area contributed by atoms with E-state index >= 15 is 0 Å². The van der Waals surface area contributed by atoms with Crippen LogP contribution in [0.2, 0.25) is 0 Å². The monoisotopic (exact) mass is 194 g/mol. The second-order valence-electron chi connectivity index (χ2n) is 2.78. The zero-order chi connectivity index (χ0) is 10.6. The Morgan fingerprint density at radius 2 is 2.00 bits per heavy atom. The summed E-state index contributed by atoms with van der Waals surface area (Å²) in [6.07, 6.45) is 0. The van der Waals surface area contributed by atoms with E-state index in [-0.39, 0.29) is 0 Å². The topological polar surface area (TPSA) is 70.0 Å². The molecule has 1 atom stereocenters. The quantitative estimate of drug-likeness (QED) is 0.584. The van der Waals surface area contributed by atoms with Crippen molar-refractivity contribution in [3.05, 3.63) is 35.2 Å². The molecule has 74 valence electrons. The summed E-state index contributed by atoms with van der Waals surface area (Å²) in [6, 6.07) is 7.49. The van der Waals surface area contributed by atoms with Gasteiger partial charge in [0.05, 0.1) is 11.0 Å². The third-order valence-electron chi connectivity index (χ3n) is 1.83. The fourth-order valence-electron chi connectivity index (χ4n) is 1.03. The summed E-state index contributed by atoms with van der Waals surface area (Å²) in [7, 11) is 0. The number of aliphatic carboxylic acids is 1. The highest BCUT2D eigenvalue weighted by atomic mass is 16.4. The second-order valence-corrected chi connectivity index (χ2v) is 2.78. The van der Waals surface area contributed by atoms with E-state index in [0.717, 1.165) is 5.01 Å². The van der Waals surface area contributed by atoms with Gasteiger partial charge in [-0.3, -0.25) is 0 Å². The van der Waals surface area contributed by atoms with Gasteiger partial charge in [0.1, 0.15) is 6.04 Å². The Morgan fingerprint density at radius 3 is 2.43 bits per heavy atom. The molecule has 14 heavy (non-hydrogen) atoms. The third kappa shape index (κ3) is 2.07. The second kappa shape index (κ2) is 4.36. The molecular formula is C9H10N2O3. The first-order valence-corrected chi connectivity index (χ1v) is 4.07. The van der Waals surface area contributed by atoms with Crippen LogP contribution in [0.5, 0.6) is 0 Å². The smallest absolute Gasteiger partial charge is 0.328 e. The van der Waals surface area contributed by atoms with Gasteiger partial charge in [-0.1, -0.05) is 18.2 Å². The van der Waals surface area contributed by atoms with Gasteiger partial charge in [-0.25, -0.2) is 9.80 Å². The zero-order valence-electron chi connectivity index (χ0n) is 7.62. The van der Waals surface area contributed by atoms with E-state index in [2.05, 4.69) is 5.29 Å². The van der Waals surface area contributed by atoms with Crippen LogP contribution in [0.25, 0.3) is 0 Å². The number of para-hydroxylation sites is 1. The van der Waals surface area contributed by atoms with Gasteiger partial charge in [0.2, 0.25) is 0 Å². The molecule has 0 aromatic heterocycles. The van der Waals surface area contributed by atoms with Gasteiger partial charge >= 0.3 is 5.97 Å². The number of hydrogen-bond donors (Lipinski definition) is 1. The number of rotatable bonds is 4. The fourth-order valence-corrected chi connectivity index (χ4v) is 1.03. The summed E-state index contributed by atoms with van der Waals surface area (Å²) >= 11 is 0. The van der Waals surface area contributed by atoms with Gasteiger partial charge in [0.15, 0.2) is 0 Å². The van der Waals surface area contributed by atoms with E-state index in [1.54, 1.807) is 30.3 Å². The molecule has 1 unspecified atom stereocenters. The van der Waals surface area contributed by atoms with Crippen molar-refractivity contribution < 1.29 is 9.90 Å². The molecule has 0 aliphatic heterocycles. The number of carboxylic acid groups (broad SMARTS) is 1. The Hall–Kier alpha value is -1.91. The first kappa shape index (κ1) is 10.2. The predicted octanol–water partition coefficient (Wildman–Crippen LogP) is 1.65. The van der Waals surface area contributed by atoms with Gasteiger partial charge in [-0.05, 0) is 19.1 Å². The molecule has 0 amide bonds. The molecule has 1 N–H and O–H groups in total. The van der Waals surface area contributed by atoms with Crippen LogP contribution in [-0.2, 0) is 4.79 Å². The maximum absolute atomic E-state index is 10.6. The van der Waals surface area contributed by atoms with E-state index in [1.165, 1.54) is 6.92 Å². The normalized spacial score (nSPS) is 11.8. The first-order valence-electron chi connectivity index (χ1n) is 4.07. The molecular weight excluding hydrogens is 184 g/mol. The summed E-state index contributed by atoms with van der Waals surface area (Å²) in [5.74, 6) is -1.09. The summed E-state index contributed by atoms with van der Waals surface area (Å²) < 4.78 is 0. The van der Waals surface area contributed by atoms with Crippen LogP contribution < -0.4 is 5.01 Å². The molecule has 0 heterocycles. The van der Waals surface area contributed by atoms with Gasteiger partial charge in [-0.15, -0.1) is 4.91 Å². The Morgan fingerprint density at radius 1 is 1.43 bits per heavy atom. The highest BCUT2D eigenvalue weighted by Gasteiger charge is 2.21. The lowest BCUT2D eigenvalue weighted by Gasteiger charge is -2.18. The summed E-state index contributed by atoms with van der Waals surface area (Å²) in [5.41, 5.74) is 0.470. The third-order valence-corrected chi connectivity index (χ3v) is 1.83. The highest BCUT2D eigenvalue weighted by Crippen LogP contribution is 2.16. The summed E-state index contributed by atoms with van der Waals surface area (Å²) in [6.45, 7) is 1.40. The molecule has 0 radical (unpaired) electrons. The molecule has 0 fully saturated rings. The van der Waals surface area contributed by atoms with E-state index < -0.39 is 12.0 Å². The van der Waals surface area contributed by atoms with Crippen molar-refractivity contribution in [3.63, 3.8) is 0 Å². The van der Waals surface area contributed by atoms with Crippen molar-refractivity contribution in [3.8, 4) is 0 Å². The van der Waals surface area contributed by atoms with Crippen LogP contribution in [0.3, 0.4) is 0 Å². The van der Waals surface area contributed by atoms with Crippen molar-refractivity contribution >= 4 is 11.7 Å². The van der Waals surface area contributed by atoms with Crippen molar-refractivity contribution in [2.24, 2.45) is 5.29 Å². The van der Waals surface area contributed by atoms with Crippen molar-refractivity contribution in [2.45, 2.75) is 13.0 Å². The molecule has 0 bridgehead atoms. The van der Waals surface area contributed by atoms with E-state index in [0.29, 0.717) is 5.69 Å². The summed E-state index contributed by atoms with van der Waals surface area (Å²) in [5, 5.41) is 12.3. The molecule has 5 nitrogen and oxygen atoms in total. The minimum absolute atomic E-state index is 0.470. The lowest BCUT2D eigenvalue weighted by atomic mass is 10.2. The number of carboxylic acids is 1. The number of nitroso groups, excluding NO2 is 1. The van der Waals surface area contributed by atoms with Crippen LogP contribution in [0.1, 0.15) is 6.92 Å². The average Bonchev–Trinajstić information content (AvgIpc) is 2.20. The zero-order valence-corrected chi connectivity index (χ0v) is 7.62. The van der Waals surface area contributed by atoms with Crippen LogP contribution in [-0.4, -0.2) is 17.1 Å². The average molecular weight is 194 g/mol. The molecule has 1 aromatic rings. The largest absolute Gasteiger partial charge is 0.480 e. The molecule has 0 spiro atoms. The molecule has 1 rings (SSSR count).